The van der Waals surface area contributed by atoms with E-state index in [4.69, 9.17) is 17.3 Å². The van der Waals surface area contributed by atoms with Gasteiger partial charge in [0.1, 0.15) is 17.9 Å². The molecule has 3 rings (SSSR count). The number of fused-ring (bicyclic) bond motifs is 1. The number of hydrogen-bond acceptors (Lipinski definition) is 3. The summed E-state index contributed by atoms with van der Waals surface area (Å²) in [6.07, 6.45) is 1.65. The zero-order valence-corrected chi connectivity index (χ0v) is 11.2. The Balaban J connectivity index is 2.29. The maximum Gasteiger partial charge on any atom is 0.237 e. The molecule has 2 N–H and O–H groups in total. The highest BCUT2D eigenvalue weighted by Crippen LogP contribution is 2.29. The van der Waals surface area contributed by atoms with Gasteiger partial charge in [-0.25, -0.2) is 9.97 Å². The fourth-order valence-corrected chi connectivity index (χ4v) is 2.33. The zero-order chi connectivity index (χ0) is 14.1. The summed E-state index contributed by atoms with van der Waals surface area (Å²) in [6, 6.07) is 11.0. The number of imidazole rings is 1. The van der Waals surface area contributed by atoms with Crippen LogP contribution >= 0.6 is 11.6 Å². The van der Waals surface area contributed by atoms with E-state index in [0.29, 0.717) is 22.0 Å². The Morgan fingerprint density at radius 1 is 1.25 bits per heavy atom. The number of hydrogen-bond donors (Lipinski definition) is 1. The van der Waals surface area contributed by atoms with E-state index >= 15 is 0 Å². The average molecular weight is 287 g/mol. The normalized spacial score (nSPS) is 10.8. The molecule has 0 saturated carbocycles. The molecule has 1 aromatic carbocycles. The number of nitrogens with zero attached hydrogens (tertiary/aromatic N) is 3. The van der Waals surface area contributed by atoms with E-state index in [0.717, 1.165) is 5.56 Å². The lowest BCUT2D eigenvalue weighted by molar-refractivity contribution is -0.118. The molecule has 2 aromatic heterocycles. The van der Waals surface area contributed by atoms with Crippen LogP contribution in [0.4, 0.5) is 0 Å². The minimum atomic E-state index is -0.455. The van der Waals surface area contributed by atoms with Crippen molar-refractivity contribution in [2.45, 2.75) is 6.54 Å². The van der Waals surface area contributed by atoms with Gasteiger partial charge in [-0.15, -0.1) is 0 Å². The van der Waals surface area contributed by atoms with Gasteiger partial charge < -0.3 is 5.73 Å². The molecular formula is C14H11ClN4O. The van der Waals surface area contributed by atoms with Gasteiger partial charge in [-0.2, -0.15) is 0 Å². The number of aromatic nitrogens is 3. The second-order valence-electron chi connectivity index (χ2n) is 4.31. The van der Waals surface area contributed by atoms with Gasteiger partial charge in [0.15, 0.2) is 5.65 Å². The summed E-state index contributed by atoms with van der Waals surface area (Å²) in [4.78, 5) is 20.1. The lowest BCUT2D eigenvalue weighted by atomic mass is 10.2. The van der Waals surface area contributed by atoms with Crippen molar-refractivity contribution in [1.29, 1.82) is 0 Å². The molecule has 0 aliphatic rings. The molecule has 5 nitrogen and oxygen atoms in total. The van der Waals surface area contributed by atoms with Crippen molar-refractivity contribution in [2.24, 2.45) is 5.73 Å². The van der Waals surface area contributed by atoms with Gasteiger partial charge in [0.05, 0.1) is 5.02 Å². The van der Waals surface area contributed by atoms with Crippen LogP contribution in [0.1, 0.15) is 0 Å². The third-order valence-electron chi connectivity index (χ3n) is 2.93. The standard InChI is InChI=1S/C14H11ClN4O/c15-10-5-2-1-4-9(10)13-18-11-6-3-7-17-14(11)19(13)8-12(16)20/h1-7H,8H2,(H2,16,20). The fourth-order valence-electron chi connectivity index (χ4n) is 2.11. The first-order valence-electron chi connectivity index (χ1n) is 6.01. The zero-order valence-electron chi connectivity index (χ0n) is 10.5. The minimum Gasteiger partial charge on any atom is -0.368 e. The van der Waals surface area contributed by atoms with E-state index in [1.807, 2.05) is 24.3 Å². The number of rotatable bonds is 3. The lowest BCUT2D eigenvalue weighted by Crippen LogP contribution is -2.19. The summed E-state index contributed by atoms with van der Waals surface area (Å²) < 4.78 is 1.68. The van der Waals surface area contributed by atoms with Gasteiger partial charge in [0.2, 0.25) is 5.91 Å². The Kier molecular flexibility index (Phi) is 3.12. The molecule has 6 heteroatoms. The molecule has 0 fully saturated rings. The van der Waals surface area contributed by atoms with Gasteiger partial charge in [-0.1, -0.05) is 23.7 Å². The van der Waals surface area contributed by atoms with Gasteiger partial charge in [0, 0.05) is 11.8 Å². The van der Waals surface area contributed by atoms with E-state index in [2.05, 4.69) is 9.97 Å². The van der Waals surface area contributed by atoms with Crippen LogP contribution < -0.4 is 5.73 Å². The molecule has 1 amide bonds. The molecule has 0 spiro atoms. The largest absolute Gasteiger partial charge is 0.368 e. The molecule has 0 aliphatic carbocycles. The number of halogens is 1. The van der Waals surface area contributed by atoms with Crippen molar-refractivity contribution in [1.82, 2.24) is 14.5 Å². The van der Waals surface area contributed by atoms with E-state index < -0.39 is 5.91 Å². The maximum atomic E-state index is 11.3. The van der Waals surface area contributed by atoms with Gasteiger partial charge in [-0.3, -0.25) is 9.36 Å². The number of carbonyl (C=O) groups excluding carboxylic acids is 1. The number of primary amides is 1. The van der Waals surface area contributed by atoms with Crippen molar-refractivity contribution >= 4 is 28.7 Å². The third-order valence-corrected chi connectivity index (χ3v) is 3.26. The monoisotopic (exact) mass is 286 g/mol. The summed E-state index contributed by atoms with van der Waals surface area (Å²) in [5.74, 6) is 0.131. The number of pyridine rings is 1. The summed E-state index contributed by atoms with van der Waals surface area (Å²) in [6.45, 7) is 0.00801. The van der Waals surface area contributed by atoms with Crippen LogP contribution in [0.15, 0.2) is 42.6 Å². The molecular weight excluding hydrogens is 276 g/mol. The van der Waals surface area contributed by atoms with Crippen molar-refractivity contribution in [3.8, 4) is 11.4 Å². The predicted molar refractivity (Wildman–Crippen MR) is 77.2 cm³/mol. The van der Waals surface area contributed by atoms with Crippen LogP contribution in [0, 0.1) is 0 Å². The van der Waals surface area contributed by atoms with Gasteiger partial charge in [0.25, 0.3) is 0 Å². The second kappa shape index (κ2) is 4.94. The molecule has 0 aliphatic heterocycles. The predicted octanol–water partition coefficient (Wildman–Crippen LogP) is 2.24. The number of carbonyl (C=O) groups is 1. The first-order valence-corrected chi connectivity index (χ1v) is 6.39. The molecule has 2 heterocycles. The second-order valence-corrected chi connectivity index (χ2v) is 4.72. The quantitative estimate of drug-likeness (QED) is 0.802. The molecule has 0 atom stereocenters. The molecule has 0 radical (unpaired) electrons. The first-order chi connectivity index (χ1) is 9.66. The molecule has 100 valence electrons. The van der Waals surface area contributed by atoms with Crippen LogP contribution in [0.3, 0.4) is 0 Å². The Morgan fingerprint density at radius 2 is 2.05 bits per heavy atom. The van der Waals surface area contributed by atoms with Crippen LogP contribution in [0.25, 0.3) is 22.6 Å². The summed E-state index contributed by atoms with van der Waals surface area (Å²) >= 11 is 6.20. The summed E-state index contributed by atoms with van der Waals surface area (Å²) in [5, 5.41) is 0.563. The van der Waals surface area contributed by atoms with Crippen molar-refractivity contribution in [3.63, 3.8) is 0 Å². The number of nitrogens with two attached hydrogens (primary N) is 1. The SMILES string of the molecule is NC(=O)Cn1c(-c2ccccc2Cl)nc2cccnc21. The highest BCUT2D eigenvalue weighted by molar-refractivity contribution is 6.33. The van der Waals surface area contributed by atoms with Crippen molar-refractivity contribution in [3.05, 3.63) is 47.6 Å². The topological polar surface area (TPSA) is 73.8 Å². The Hall–Kier alpha value is -2.40. The van der Waals surface area contributed by atoms with Crippen LogP contribution in [-0.2, 0) is 11.3 Å². The Morgan fingerprint density at radius 3 is 2.80 bits per heavy atom. The first kappa shape index (κ1) is 12.6. The molecule has 3 aromatic rings. The Bertz CT molecular complexity index is 797. The summed E-state index contributed by atoms with van der Waals surface area (Å²) in [7, 11) is 0. The van der Waals surface area contributed by atoms with Gasteiger partial charge in [-0.05, 0) is 24.3 Å². The van der Waals surface area contributed by atoms with E-state index in [9.17, 15) is 4.79 Å². The average Bonchev–Trinajstić information content (AvgIpc) is 2.78. The third kappa shape index (κ3) is 2.12. The maximum absolute atomic E-state index is 11.3. The number of benzene rings is 1. The lowest BCUT2D eigenvalue weighted by Gasteiger charge is -2.07. The highest BCUT2D eigenvalue weighted by Gasteiger charge is 2.16. The van der Waals surface area contributed by atoms with E-state index in [1.54, 1.807) is 22.9 Å². The molecule has 0 unspecified atom stereocenters. The summed E-state index contributed by atoms with van der Waals surface area (Å²) in [5.41, 5.74) is 7.37. The van der Waals surface area contributed by atoms with Gasteiger partial charge >= 0.3 is 0 Å². The van der Waals surface area contributed by atoms with Crippen molar-refractivity contribution < 1.29 is 4.79 Å². The molecule has 0 saturated heterocycles. The molecule has 20 heavy (non-hydrogen) atoms. The van der Waals surface area contributed by atoms with Crippen LogP contribution in [-0.4, -0.2) is 20.4 Å². The van der Waals surface area contributed by atoms with Crippen LogP contribution in [0.5, 0.6) is 0 Å². The highest BCUT2D eigenvalue weighted by atomic mass is 35.5. The van der Waals surface area contributed by atoms with Crippen LogP contribution in [0.2, 0.25) is 5.02 Å². The molecule has 0 bridgehead atoms. The minimum absolute atomic E-state index is 0.00801. The van der Waals surface area contributed by atoms with E-state index in [1.165, 1.54) is 0 Å². The van der Waals surface area contributed by atoms with E-state index in [-0.39, 0.29) is 6.54 Å². The van der Waals surface area contributed by atoms with Crippen molar-refractivity contribution in [2.75, 3.05) is 0 Å². The smallest absolute Gasteiger partial charge is 0.237 e. The number of amides is 1. The Labute approximate surface area is 120 Å². The fraction of sp³-hybridized carbons (Fsp3) is 0.0714.